The smallest absolute Gasteiger partial charge is 0.231 e. The van der Waals surface area contributed by atoms with Crippen LogP contribution >= 0.6 is 0 Å². The first-order chi connectivity index (χ1) is 14.1. The summed E-state index contributed by atoms with van der Waals surface area (Å²) in [6.07, 6.45) is 10.9. The number of hydrogen-bond donors (Lipinski definition) is 1. The Kier molecular flexibility index (Phi) is 6.23. The molecule has 1 atom stereocenters. The Hall–Kier alpha value is -1.89. The first-order valence-corrected chi connectivity index (χ1v) is 11.4. The number of rotatable bonds is 5. The van der Waals surface area contributed by atoms with E-state index in [0.29, 0.717) is 18.0 Å². The molecule has 4 rings (SSSR count). The maximum atomic E-state index is 13.1. The zero-order chi connectivity index (χ0) is 20.4. The van der Waals surface area contributed by atoms with E-state index in [4.69, 9.17) is 4.98 Å². The Morgan fingerprint density at radius 1 is 1.14 bits per heavy atom. The number of likely N-dealkylation sites (tertiary alicyclic amines) is 1. The molecule has 1 amide bonds. The lowest BCUT2D eigenvalue weighted by atomic mass is 10.0. The molecule has 2 fully saturated rings. The van der Waals surface area contributed by atoms with E-state index in [1.807, 2.05) is 13.2 Å². The molecule has 1 aromatic heterocycles. The topological polar surface area (TPSA) is 64.6 Å². The summed E-state index contributed by atoms with van der Waals surface area (Å²) >= 11 is 0. The van der Waals surface area contributed by atoms with E-state index in [9.17, 15) is 4.79 Å². The molecular formula is C22H36N6O. The van der Waals surface area contributed by atoms with Crippen molar-refractivity contribution in [3.05, 3.63) is 6.20 Å². The van der Waals surface area contributed by atoms with Crippen LogP contribution in [0.2, 0.25) is 0 Å². The number of amides is 1. The number of anilines is 3. The minimum absolute atomic E-state index is 0.0325. The van der Waals surface area contributed by atoms with E-state index >= 15 is 0 Å². The maximum Gasteiger partial charge on any atom is 0.231 e. The van der Waals surface area contributed by atoms with E-state index in [0.717, 1.165) is 56.8 Å². The molecule has 7 nitrogen and oxygen atoms in total. The first kappa shape index (κ1) is 20.4. The number of piperidine rings is 1. The fraction of sp³-hybridized carbons (Fsp3) is 0.773. The molecule has 1 aliphatic carbocycles. The Bertz CT molecular complexity index is 711. The molecule has 3 heterocycles. The van der Waals surface area contributed by atoms with Crippen LogP contribution in [0.4, 0.5) is 17.5 Å². The minimum atomic E-state index is 0.0325. The van der Waals surface area contributed by atoms with Gasteiger partial charge >= 0.3 is 0 Å². The average molecular weight is 401 g/mol. The number of aromatic nitrogens is 2. The third kappa shape index (κ3) is 4.34. The highest BCUT2D eigenvalue weighted by Crippen LogP contribution is 2.38. The molecule has 29 heavy (non-hydrogen) atoms. The molecule has 7 heteroatoms. The van der Waals surface area contributed by atoms with Crippen molar-refractivity contribution in [1.82, 2.24) is 14.9 Å². The maximum absolute atomic E-state index is 13.1. The largest absolute Gasteiger partial charge is 0.351 e. The van der Waals surface area contributed by atoms with E-state index in [2.05, 4.69) is 34.1 Å². The van der Waals surface area contributed by atoms with Crippen LogP contribution in [-0.4, -0.2) is 66.6 Å². The van der Waals surface area contributed by atoms with Gasteiger partial charge in [-0.15, -0.1) is 0 Å². The standard InChI is InChI=1S/C22H36N6O/c1-4-7-16-15-28(18-8-5-6-9-18)20-19(27(3)21(16)29)14-23-22(25-20)24-17-10-12-26(2)13-11-17/h14,16-18H,4-13,15H2,1-3H3,(H,23,24,25)/t16-/m0/s1. The van der Waals surface area contributed by atoms with Gasteiger partial charge in [0, 0.05) is 25.7 Å². The van der Waals surface area contributed by atoms with Gasteiger partial charge in [-0.3, -0.25) is 4.79 Å². The zero-order valence-electron chi connectivity index (χ0n) is 18.2. The van der Waals surface area contributed by atoms with Gasteiger partial charge in [-0.2, -0.15) is 4.98 Å². The van der Waals surface area contributed by atoms with Crippen LogP contribution < -0.4 is 15.1 Å². The van der Waals surface area contributed by atoms with Crippen molar-refractivity contribution in [3.63, 3.8) is 0 Å². The molecule has 0 bridgehead atoms. The van der Waals surface area contributed by atoms with Crippen LogP contribution in [0.15, 0.2) is 6.20 Å². The third-order valence-electron chi connectivity index (χ3n) is 6.93. The molecule has 1 N–H and O–H groups in total. The van der Waals surface area contributed by atoms with E-state index < -0.39 is 0 Å². The second kappa shape index (κ2) is 8.86. The van der Waals surface area contributed by atoms with Gasteiger partial charge in [-0.25, -0.2) is 4.98 Å². The summed E-state index contributed by atoms with van der Waals surface area (Å²) in [4.78, 5) is 29.3. The fourth-order valence-electron chi connectivity index (χ4n) is 5.12. The fourth-order valence-corrected chi connectivity index (χ4v) is 5.12. The van der Waals surface area contributed by atoms with Gasteiger partial charge in [-0.05, 0) is 52.2 Å². The quantitative estimate of drug-likeness (QED) is 0.819. The summed E-state index contributed by atoms with van der Waals surface area (Å²) in [7, 11) is 4.06. The van der Waals surface area contributed by atoms with Crippen molar-refractivity contribution in [2.45, 2.75) is 70.4 Å². The molecule has 160 valence electrons. The van der Waals surface area contributed by atoms with Crippen molar-refractivity contribution >= 4 is 23.4 Å². The third-order valence-corrected chi connectivity index (χ3v) is 6.93. The Balaban J connectivity index is 1.63. The van der Waals surface area contributed by atoms with Gasteiger partial charge in [-0.1, -0.05) is 26.2 Å². The highest BCUT2D eigenvalue weighted by atomic mass is 16.2. The molecule has 1 saturated carbocycles. The number of nitrogens with one attached hydrogen (secondary N) is 1. The minimum Gasteiger partial charge on any atom is -0.351 e. The Morgan fingerprint density at radius 2 is 1.86 bits per heavy atom. The van der Waals surface area contributed by atoms with Gasteiger partial charge in [0.2, 0.25) is 11.9 Å². The normalized spacial score (nSPS) is 24.7. The number of carbonyl (C=O) groups is 1. The molecule has 0 unspecified atom stereocenters. The number of nitrogens with zero attached hydrogens (tertiary/aromatic N) is 5. The first-order valence-electron chi connectivity index (χ1n) is 11.4. The van der Waals surface area contributed by atoms with Crippen LogP contribution in [0, 0.1) is 5.92 Å². The summed E-state index contributed by atoms with van der Waals surface area (Å²) in [5.74, 6) is 1.88. The van der Waals surface area contributed by atoms with Gasteiger partial charge in [0.05, 0.1) is 12.1 Å². The lowest BCUT2D eigenvalue weighted by molar-refractivity contribution is -0.121. The molecule has 2 aliphatic heterocycles. The number of hydrogen-bond acceptors (Lipinski definition) is 6. The van der Waals surface area contributed by atoms with Crippen molar-refractivity contribution in [2.24, 2.45) is 5.92 Å². The molecule has 0 radical (unpaired) electrons. The van der Waals surface area contributed by atoms with E-state index in [-0.39, 0.29) is 11.8 Å². The predicted molar refractivity (Wildman–Crippen MR) is 118 cm³/mol. The average Bonchev–Trinajstić information content (AvgIpc) is 3.23. The molecule has 0 spiro atoms. The van der Waals surface area contributed by atoms with Crippen molar-refractivity contribution in [1.29, 1.82) is 0 Å². The van der Waals surface area contributed by atoms with E-state index in [1.165, 1.54) is 25.7 Å². The molecule has 1 saturated heterocycles. The highest BCUT2D eigenvalue weighted by Gasteiger charge is 2.36. The zero-order valence-corrected chi connectivity index (χ0v) is 18.2. The molecule has 1 aromatic rings. The number of fused-ring (bicyclic) bond motifs is 1. The summed E-state index contributed by atoms with van der Waals surface area (Å²) in [5, 5.41) is 3.57. The van der Waals surface area contributed by atoms with Gasteiger partial charge in [0.15, 0.2) is 5.82 Å². The van der Waals surface area contributed by atoms with Crippen molar-refractivity contribution < 1.29 is 4.79 Å². The van der Waals surface area contributed by atoms with Crippen molar-refractivity contribution in [3.8, 4) is 0 Å². The van der Waals surface area contributed by atoms with Crippen LogP contribution in [0.5, 0.6) is 0 Å². The molecule has 0 aromatic carbocycles. The Labute approximate surface area is 174 Å². The van der Waals surface area contributed by atoms with Crippen molar-refractivity contribution in [2.75, 3.05) is 48.8 Å². The lowest BCUT2D eigenvalue weighted by Crippen LogP contribution is -2.40. The van der Waals surface area contributed by atoms with Crippen LogP contribution in [0.1, 0.15) is 58.3 Å². The summed E-state index contributed by atoms with van der Waals surface area (Å²) < 4.78 is 0. The predicted octanol–water partition coefficient (Wildman–Crippen LogP) is 3.12. The molecular weight excluding hydrogens is 364 g/mol. The van der Waals surface area contributed by atoms with Gasteiger partial charge in [0.25, 0.3) is 0 Å². The van der Waals surface area contributed by atoms with Crippen LogP contribution in [0.25, 0.3) is 0 Å². The highest BCUT2D eigenvalue weighted by molar-refractivity contribution is 5.98. The molecule has 3 aliphatic rings. The summed E-state index contributed by atoms with van der Waals surface area (Å²) in [6.45, 7) is 5.15. The van der Waals surface area contributed by atoms with E-state index in [1.54, 1.807) is 4.90 Å². The summed E-state index contributed by atoms with van der Waals surface area (Å²) in [5.41, 5.74) is 0.856. The summed E-state index contributed by atoms with van der Waals surface area (Å²) in [6, 6.07) is 0.903. The number of carbonyl (C=O) groups excluding carboxylic acids is 1. The van der Waals surface area contributed by atoms with Crippen LogP contribution in [-0.2, 0) is 4.79 Å². The van der Waals surface area contributed by atoms with Gasteiger partial charge < -0.3 is 20.0 Å². The Morgan fingerprint density at radius 3 is 2.55 bits per heavy atom. The van der Waals surface area contributed by atoms with Crippen LogP contribution in [0.3, 0.4) is 0 Å². The second-order valence-corrected chi connectivity index (χ2v) is 9.10. The SMILES string of the molecule is CCC[C@H]1CN(C2CCCC2)c2nc(NC3CCN(C)CC3)ncc2N(C)C1=O. The lowest BCUT2D eigenvalue weighted by Gasteiger charge is -2.32. The monoisotopic (exact) mass is 400 g/mol. The second-order valence-electron chi connectivity index (χ2n) is 9.10. The van der Waals surface area contributed by atoms with Gasteiger partial charge in [0.1, 0.15) is 5.69 Å².